The topological polar surface area (TPSA) is 30.2 Å². The van der Waals surface area contributed by atoms with Crippen molar-refractivity contribution in [1.82, 2.24) is 0 Å². The fourth-order valence-corrected chi connectivity index (χ4v) is 1.63. The maximum absolute atomic E-state index is 11.9. The molecule has 1 heterocycles. The van der Waals surface area contributed by atoms with Crippen LogP contribution in [-0.4, -0.2) is 5.78 Å². The van der Waals surface area contributed by atoms with Gasteiger partial charge >= 0.3 is 0 Å². The summed E-state index contributed by atoms with van der Waals surface area (Å²) in [5.41, 5.74) is 0.647. The van der Waals surface area contributed by atoms with E-state index in [0.717, 1.165) is 0 Å². The van der Waals surface area contributed by atoms with Crippen LogP contribution in [0.5, 0.6) is 0 Å². The number of furan rings is 1. The highest BCUT2D eigenvalue weighted by Gasteiger charge is 2.19. The summed E-state index contributed by atoms with van der Waals surface area (Å²) in [6.07, 6.45) is 1.54. The molecule has 0 fully saturated rings. The molecule has 2 aromatic rings. The predicted molar refractivity (Wildman–Crippen MR) is 61.2 cm³/mol. The standard InChI is InChI=1S/C12H10O2S/c13-11(9-5-2-1-3-6-9)12(15)10-7-4-8-14-10/h1-8,12,15H. The van der Waals surface area contributed by atoms with Gasteiger partial charge < -0.3 is 4.42 Å². The highest BCUT2D eigenvalue weighted by molar-refractivity contribution is 7.81. The van der Waals surface area contributed by atoms with E-state index >= 15 is 0 Å². The Morgan fingerprint density at radius 1 is 1.13 bits per heavy atom. The minimum absolute atomic E-state index is 0.0473. The number of hydrogen-bond donors (Lipinski definition) is 1. The molecule has 0 saturated carbocycles. The van der Waals surface area contributed by atoms with E-state index in [1.807, 2.05) is 18.2 Å². The Kier molecular flexibility index (Phi) is 2.92. The smallest absolute Gasteiger partial charge is 0.183 e. The largest absolute Gasteiger partial charge is 0.468 e. The Hall–Kier alpha value is -1.48. The van der Waals surface area contributed by atoms with E-state index in [-0.39, 0.29) is 5.78 Å². The predicted octanol–water partition coefficient (Wildman–Crippen LogP) is 3.13. The van der Waals surface area contributed by atoms with Gasteiger partial charge in [0, 0.05) is 5.56 Å². The molecule has 0 saturated heterocycles. The summed E-state index contributed by atoms with van der Waals surface area (Å²) in [5.74, 6) is 0.529. The molecule has 1 aromatic carbocycles. The second-order valence-electron chi connectivity index (χ2n) is 3.15. The Morgan fingerprint density at radius 3 is 2.47 bits per heavy atom. The van der Waals surface area contributed by atoms with Gasteiger partial charge in [0.25, 0.3) is 0 Å². The maximum Gasteiger partial charge on any atom is 0.183 e. The Labute approximate surface area is 93.3 Å². The maximum atomic E-state index is 11.9. The van der Waals surface area contributed by atoms with Gasteiger partial charge in [-0.1, -0.05) is 30.3 Å². The van der Waals surface area contributed by atoms with Crippen LogP contribution in [0.25, 0.3) is 0 Å². The summed E-state index contributed by atoms with van der Waals surface area (Å²) in [6, 6.07) is 12.6. The van der Waals surface area contributed by atoms with Crippen LogP contribution in [0, 0.1) is 0 Å². The molecule has 1 atom stereocenters. The second-order valence-corrected chi connectivity index (χ2v) is 3.66. The van der Waals surface area contributed by atoms with Crippen molar-refractivity contribution in [2.45, 2.75) is 5.25 Å². The van der Waals surface area contributed by atoms with Crippen LogP contribution in [0.2, 0.25) is 0 Å². The summed E-state index contributed by atoms with van der Waals surface area (Å²) in [6.45, 7) is 0. The lowest BCUT2D eigenvalue weighted by Crippen LogP contribution is -2.06. The van der Waals surface area contributed by atoms with E-state index in [0.29, 0.717) is 11.3 Å². The first-order valence-electron chi connectivity index (χ1n) is 4.60. The zero-order valence-corrected chi connectivity index (χ0v) is 8.85. The zero-order valence-electron chi connectivity index (χ0n) is 7.96. The molecule has 0 N–H and O–H groups in total. The van der Waals surface area contributed by atoms with Crippen molar-refractivity contribution >= 4 is 18.4 Å². The van der Waals surface area contributed by atoms with Gasteiger partial charge in [-0.25, -0.2) is 0 Å². The van der Waals surface area contributed by atoms with Gasteiger partial charge in [-0.2, -0.15) is 12.6 Å². The molecule has 0 radical (unpaired) electrons. The van der Waals surface area contributed by atoms with Crippen molar-refractivity contribution < 1.29 is 9.21 Å². The fraction of sp³-hybridized carbons (Fsp3) is 0.0833. The van der Waals surface area contributed by atoms with Gasteiger partial charge in [-0.15, -0.1) is 0 Å². The molecule has 0 spiro atoms. The lowest BCUT2D eigenvalue weighted by atomic mass is 10.1. The first-order valence-corrected chi connectivity index (χ1v) is 5.11. The number of thiol groups is 1. The van der Waals surface area contributed by atoms with Crippen LogP contribution in [0.4, 0.5) is 0 Å². The highest BCUT2D eigenvalue weighted by atomic mass is 32.1. The van der Waals surface area contributed by atoms with Gasteiger partial charge in [-0.3, -0.25) is 4.79 Å². The van der Waals surface area contributed by atoms with Gasteiger partial charge in [0.05, 0.1) is 6.26 Å². The summed E-state index contributed by atoms with van der Waals surface area (Å²) < 4.78 is 5.14. The summed E-state index contributed by atoms with van der Waals surface area (Å²) >= 11 is 4.25. The summed E-state index contributed by atoms with van der Waals surface area (Å²) in [5, 5.41) is -0.526. The number of carbonyl (C=O) groups is 1. The summed E-state index contributed by atoms with van der Waals surface area (Å²) in [4.78, 5) is 11.9. The SMILES string of the molecule is O=C(c1ccccc1)C(S)c1ccco1. The van der Waals surface area contributed by atoms with Gasteiger partial charge in [-0.05, 0) is 12.1 Å². The molecule has 1 aromatic heterocycles. The average Bonchev–Trinajstić information content (AvgIpc) is 2.82. The Balaban J connectivity index is 2.23. The van der Waals surface area contributed by atoms with E-state index in [1.54, 1.807) is 24.3 Å². The summed E-state index contributed by atoms with van der Waals surface area (Å²) in [7, 11) is 0. The van der Waals surface area contributed by atoms with Crippen LogP contribution in [0.1, 0.15) is 21.4 Å². The fourth-order valence-electron chi connectivity index (χ4n) is 1.34. The number of Topliss-reactive ketones (excluding diaryl/α,β-unsaturated/α-hetero) is 1. The van der Waals surface area contributed by atoms with E-state index in [2.05, 4.69) is 12.6 Å². The van der Waals surface area contributed by atoms with Crippen molar-refractivity contribution in [3.05, 3.63) is 60.1 Å². The minimum Gasteiger partial charge on any atom is -0.468 e. The molecule has 0 aliphatic carbocycles. The normalized spacial score (nSPS) is 12.3. The molecule has 0 aliphatic rings. The van der Waals surface area contributed by atoms with Crippen molar-refractivity contribution in [2.75, 3.05) is 0 Å². The second kappa shape index (κ2) is 4.36. The van der Waals surface area contributed by atoms with Gasteiger partial charge in [0.2, 0.25) is 0 Å². The van der Waals surface area contributed by atoms with E-state index in [4.69, 9.17) is 4.42 Å². The van der Waals surface area contributed by atoms with Crippen LogP contribution in [0.3, 0.4) is 0 Å². The van der Waals surface area contributed by atoms with Crippen LogP contribution in [0.15, 0.2) is 53.1 Å². The average molecular weight is 218 g/mol. The molecule has 1 unspecified atom stereocenters. The van der Waals surface area contributed by atoms with E-state index in [1.165, 1.54) is 6.26 Å². The number of ketones is 1. The minimum atomic E-state index is -0.526. The van der Waals surface area contributed by atoms with Gasteiger partial charge in [0.15, 0.2) is 5.78 Å². The third kappa shape index (κ3) is 2.13. The van der Waals surface area contributed by atoms with Crippen molar-refractivity contribution in [1.29, 1.82) is 0 Å². The van der Waals surface area contributed by atoms with Crippen LogP contribution < -0.4 is 0 Å². The molecule has 76 valence electrons. The Bertz CT molecular complexity index is 434. The van der Waals surface area contributed by atoms with Crippen LogP contribution >= 0.6 is 12.6 Å². The lowest BCUT2D eigenvalue weighted by Gasteiger charge is -2.06. The molecule has 2 nitrogen and oxygen atoms in total. The van der Waals surface area contributed by atoms with Crippen LogP contribution in [-0.2, 0) is 0 Å². The number of hydrogen-bond acceptors (Lipinski definition) is 3. The molecular formula is C12H10O2S. The molecular weight excluding hydrogens is 208 g/mol. The highest BCUT2D eigenvalue weighted by Crippen LogP contribution is 2.24. The molecule has 0 aliphatic heterocycles. The van der Waals surface area contributed by atoms with Gasteiger partial charge in [0.1, 0.15) is 11.0 Å². The molecule has 2 rings (SSSR count). The molecule has 15 heavy (non-hydrogen) atoms. The first kappa shape index (κ1) is 10.1. The first-order chi connectivity index (χ1) is 7.29. The third-order valence-electron chi connectivity index (χ3n) is 2.12. The van der Waals surface area contributed by atoms with E-state index in [9.17, 15) is 4.79 Å². The van der Waals surface area contributed by atoms with Crippen molar-refractivity contribution in [3.8, 4) is 0 Å². The zero-order chi connectivity index (χ0) is 10.7. The quantitative estimate of drug-likeness (QED) is 0.633. The number of rotatable bonds is 3. The molecule has 3 heteroatoms. The Morgan fingerprint density at radius 2 is 1.87 bits per heavy atom. The number of carbonyl (C=O) groups excluding carboxylic acids is 1. The third-order valence-corrected chi connectivity index (χ3v) is 2.61. The molecule has 0 amide bonds. The lowest BCUT2D eigenvalue weighted by molar-refractivity contribution is 0.0984. The number of benzene rings is 1. The van der Waals surface area contributed by atoms with Crippen molar-refractivity contribution in [2.24, 2.45) is 0 Å². The van der Waals surface area contributed by atoms with E-state index < -0.39 is 5.25 Å². The van der Waals surface area contributed by atoms with Crippen molar-refractivity contribution in [3.63, 3.8) is 0 Å². The molecule has 0 bridgehead atoms. The monoisotopic (exact) mass is 218 g/mol.